The molecule has 0 unspecified atom stereocenters. The van der Waals surface area contributed by atoms with Gasteiger partial charge in [0.1, 0.15) is 17.8 Å². The average molecular weight is 380 g/mol. The minimum atomic E-state index is -1.22. The third kappa shape index (κ3) is 4.98. The Morgan fingerprint density at radius 2 is 2.04 bits per heavy atom. The van der Waals surface area contributed by atoms with E-state index in [-0.39, 0.29) is 18.5 Å². The van der Waals surface area contributed by atoms with Crippen molar-refractivity contribution >= 4 is 11.5 Å². The normalized spacial score (nSPS) is 11.6. The maximum absolute atomic E-state index is 14.0. The van der Waals surface area contributed by atoms with Gasteiger partial charge in [0.15, 0.2) is 0 Å². The summed E-state index contributed by atoms with van der Waals surface area (Å²) in [5, 5.41) is 20.2. The lowest BCUT2D eigenvalue weighted by atomic mass is 10.1. The summed E-state index contributed by atoms with van der Waals surface area (Å²) in [4.78, 5) is 3.85. The largest absolute Gasteiger partial charge is 0.399 e. The van der Waals surface area contributed by atoms with Crippen LogP contribution in [0.1, 0.15) is 17.7 Å². The van der Waals surface area contributed by atoms with Gasteiger partial charge in [0.05, 0.1) is 23.0 Å². The molecule has 3 aromatic rings. The van der Waals surface area contributed by atoms with E-state index in [9.17, 15) is 8.78 Å². The Kier molecular flexibility index (Phi) is 6.07. The number of alkyl halides is 1. The van der Waals surface area contributed by atoms with Crippen molar-refractivity contribution in [2.45, 2.75) is 19.0 Å². The molecule has 0 aliphatic carbocycles. The van der Waals surface area contributed by atoms with E-state index >= 15 is 0 Å². The van der Waals surface area contributed by atoms with Crippen molar-refractivity contribution < 1.29 is 8.78 Å². The van der Waals surface area contributed by atoms with E-state index in [2.05, 4.69) is 20.5 Å². The smallest absolute Gasteiger partial charge is 0.148 e. The summed E-state index contributed by atoms with van der Waals surface area (Å²) in [7, 11) is 0. The number of hydrogen-bond acceptors (Lipinski definition) is 6. The predicted molar refractivity (Wildman–Crippen MR) is 102 cm³/mol. The molecule has 0 aliphatic heterocycles. The summed E-state index contributed by atoms with van der Waals surface area (Å²) < 4.78 is 27.5. The number of pyridine rings is 1. The SMILES string of the molecule is N#Cc1cc(N)cc(-c2ccc(NCC[C@H](F)Cc3ncccc3F)nn2)c1. The number of hydrogen-bond donors (Lipinski definition) is 2. The number of aromatic nitrogens is 3. The first kappa shape index (κ1) is 19.2. The monoisotopic (exact) mass is 380 g/mol. The number of benzene rings is 1. The molecule has 8 heteroatoms. The van der Waals surface area contributed by atoms with Gasteiger partial charge in [-0.15, -0.1) is 10.2 Å². The highest BCUT2D eigenvalue weighted by Crippen LogP contribution is 2.22. The number of anilines is 2. The van der Waals surface area contributed by atoms with E-state index in [1.165, 1.54) is 18.3 Å². The summed E-state index contributed by atoms with van der Waals surface area (Å²) in [6.45, 7) is 0.320. The van der Waals surface area contributed by atoms with Gasteiger partial charge in [0.2, 0.25) is 0 Å². The van der Waals surface area contributed by atoms with E-state index in [0.717, 1.165) is 0 Å². The third-order valence-electron chi connectivity index (χ3n) is 4.06. The van der Waals surface area contributed by atoms with Crippen LogP contribution in [0.15, 0.2) is 48.7 Å². The molecule has 0 amide bonds. The summed E-state index contributed by atoms with van der Waals surface area (Å²) in [6, 6.07) is 13.2. The van der Waals surface area contributed by atoms with Gasteiger partial charge in [0.25, 0.3) is 0 Å². The van der Waals surface area contributed by atoms with Crippen LogP contribution in [0.3, 0.4) is 0 Å². The van der Waals surface area contributed by atoms with E-state index in [0.29, 0.717) is 34.9 Å². The van der Waals surface area contributed by atoms with Crippen LogP contribution in [-0.2, 0) is 6.42 Å². The molecule has 0 bridgehead atoms. The van der Waals surface area contributed by atoms with Crippen molar-refractivity contribution in [3.05, 3.63) is 65.7 Å². The van der Waals surface area contributed by atoms with Crippen molar-refractivity contribution in [1.29, 1.82) is 5.26 Å². The fourth-order valence-electron chi connectivity index (χ4n) is 2.68. The quantitative estimate of drug-likeness (QED) is 0.608. The molecule has 0 fully saturated rings. The molecule has 0 spiro atoms. The van der Waals surface area contributed by atoms with Gasteiger partial charge in [-0.3, -0.25) is 4.98 Å². The highest BCUT2D eigenvalue weighted by atomic mass is 19.1. The first-order valence-electron chi connectivity index (χ1n) is 8.67. The molecular formula is C20H18F2N6. The third-order valence-corrected chi connectivity index (χ3v) is 4.06. The van der Waals surface area contributed by atoms with E-state index < -0.39 is 12.0 Å². The van der Waals surface area contributed by atoms with E-state index in [1.807, 2.05) is 6.07 Å². The van der Waals surface area contributed by atoms with Crippen molar-refractivity contribution in [1.82, 2.24) is 15.2 Å². The van der Waals surface area contributed by atoms with Crippen LogP contribution >= 0.6 is 0 Å². The summed E-state index contributed by atoms with van der Waals surface area (Å²) in [5.74, 6) is -0.00922. The molecule has 28 heavy (non-hydrogen) atoms. The molecule has 0 radical (unpaired) electrons. The van der Waals surface area contributed by atoms with Crippen LogP contribution in [0.5, 0.6) is 0 Å². The second-order valence-corrected chi connectivity index (χ2v) is 6.21. The van der Waals surface area contributed by atoms with Crippen molar-refractivity contribution in [3.63, 3.8) is 0 Å². The van der Waals surface area contributed by atoms with Crippen LogP contribution in [0, 0.1) is 17.1 Å². The van der Waals surface area contributed by atoms with Gasteiger partial charge in [-0.25, -0.2) is 8.78 Å². The van der Waals surface area contributed by atoms with Crippen LogP contribution in [0.2, 0.25) is 0 Å². The Morgan fingerprint density at radius 3 is 2.75 bits per heavy atom. The molecule has 6 nitrogen and oxygen atoms in total. The fraction of sp³-hybridized carbons (Fsp3) is 0.200. The molecule has 3 rings (SSSR count). The van der Waals surface area contributed by atoms with Gasteiger partial charge in [-0.2, -0.15) is 5.26 Å². The maximum atomic E-state index is 14.0. The lowest BCUT2D eigenvalue weighted by Crippen LogP contribution is -2.14. The second-order valence-electron chi connectivity index (χ2n) is 6.21. The zero-order chi connectivity index (χ0) is 19.9. The Bertz CT molecular complexity index is 985. The van der Waals surface area contributed by atoms with Crippen LogP contribution in [0.25, 0.3) is 11.3 Å². The van der Waals surface area contributed by atoms with E-state index in [4.69, 9.17) is 11.0 Å². The Morgan fingerprint density at radius 1 is 1.18 bits per heavy atom. The average Bonchev–Trinajstić information content (AvgIpc) is 2.70. The summed E-state index contributed by atoms with van der Waals surface area (Å²) in [5.41, 5.74) is 8.08. The molecule has 2 heterocycles. The molecule has 0 aliphatic rings. The molecule has 0 saturated carbocycles. The second kappa shape index (κ2) is 8.86. The molecule has 3 N–H and O–H groups in total. The van der Waals surface area contributed by atoms with Gasteiger partial charge >= 0.3 is 0 Å². The van der Waals surface area contributed by atoms with Crippen LogP contribution in [0.4, 0.5) is 20.3 Å². The van der Waals surface area contributed by atoms with E-state index in [1.54, 1.807) is 30.3 Å². The first-order valence-corrected chi connectivity index (χ1v) is 8.67. The number of nitrogens with two attached hydrogens (primary N) is 1. The molecular weight excluding hydrogens is 362 g/mol. The van der Waals surface area contributed by atoms with Gasteiger partial charge < -0.3 is 11.1 Å². The number of nitriles is 1. The molecule has 1 atom stereocenters. The fourth-order valence-corrected chi connectivity index (χ4v) is 2.68. The Balaban J connectivity index is 1.54. The lowest BCUT2D eigenvalue weighted by molar-refractivity contribution is 0.313. The summed E-state index contributed by atoms with van der Waals surface area (Å²) in [6.07, 6.45) is 0.330. The zero-order valence-corrected chi connectivity index (χ0v) is 14.9. The number of halogens is 2. The van der Waals surface area contributed by atoms with Gasteiger partial charge in [-0.1, -0.05) is 0 Å². The first-order chi connectivity index (χ1) is 13.5. The number of nitrogen functional groups attached to an aromatic ring is 1. The summed E-state index contributed by atoms with van der Waals surface area (Å²) >= 11 is 0. The maximum Gasteiger partial charge on any atom is 0.148 e. The number of nitrogens with one attached hydrogen (secondary N) is 1. The minimum absolute atomic E-state index is 0.0738. The van der Waals surface area contributed by atoms with Crippen molar-refractivity contribution in [2.24, 2.45) is 0 Å². The Labute approximate surface area is 161 Å². The van der Waals surface area contributed by atoms with Crippen LogP contribution in [-0.4, -0.2) is 27.9 Å². The molecule has 1 aromatic carbocycles. The minimum Gasteiger partial charge on any atom is -0.399 e. The standard InChI is InChI=1S/C20H18F2N6/c21-15(11-19-17(22)2-1-6-25-19)5-7-26-20-4-3-18(27-28-20)14-8-13(12-23)9-16(24)10-14/h1-4,6,8-10,15H,5,7,11,24H2,(H,26,28)/t15-/m0/s1. The van der Waals surface area contributed by atoms with Gasteiger partial charge in [0, 0.05) is 30.4 Å². The van der Waals surface area contributed by atoms with Gasteiger partial charge in [-0.05, 0) is 48.9 Å². The predicted octanol–water partition coefficient (Wildman–Crippen LogP) is 3.51. The number of nitrogens with zero attached hydrogens (tertiary/aromatic N) is 4. The highest BCUT2D eigenvalue weighted by molar-refractivity contribution is 5.67. The lowest BCUT2D eigenvalue weighted by Gasteiger charge is -2.10. The van der Waals surface area contributed by atoms with Crippen LogP contribution < -0.4 is 11.1 Å². The molecule has 2 aromatic heterocycles. The number of rotatable bonds is 7. The topological polar surface area (TPSA) is 101 Å². The molecule has 0 saturated heterocycles. The Hall–Kier alpha value is -3.60. The van der Waals surface area contributed by atoms with Crippen molar-refractivity contribution in [3.8, 4) is 17.3 Å². The highest BCUT2D eigenvalue weighted by Gasteiger charge is 2.12. The van der Waals surface area contributed by atoms with Crippen molar-refractivity contribution in [2.75, 3.05) is 17.6 Å². The zero-order valence-electron chi connectivity index (χ0n) is 14.9. The molecule has 142 valence electrons.